The Hall–Kier alpha value is -3.87. The van der Waals surface area contributed by atoms with E-state index in [1.807, 2.05) is 48.5 Å². The van der Waals surface area contributed by atoms with E-state index in [0.29, 0.717) is 5.56 Å². The van der Waals surface area contributed by atoms with Gasteiger partial charge in [-0.15, -0.1) is 0 Å². The average molecular weight is 477 g/mol. The number of carbonyl (C=O) groups is 3. The summed E-state index contributed by atoms with van der Waals surface area (Å²) in [6, 6.07) is 19.4. The third kappa shape index (κ3) is 7.06. The first-order valence-corrected chi connectivity index (χ1v) is 11.5. The van der Waals surface area contributed by atoms with Gasteiger partial charge in [-0.3, -0.25) is 4.79 Å². The van der Waals surface area contributed by atoms with Crippen LogP contribution < -0.4 is 10.6 Å². The van der Waals surface area contributed by atoms with Crippen molar-refractivity contribution in [3.63, 3.8) is 0 Å². The summed E-state index contributed by atoms with van der Waals surface area (Å²) in [5.74, 6) is -0.936. The normalized spacial score (nSPS) is 12.9. The number of amides is 2. The Labute approximate surface area is 205 Å². The van der Waals surface area contributed by atoms with Gasteiger partial charge in [0.05, 0.1) is 13.2 Å². The Kier molecular flexibility index (Phi) is 8.12. The van der Waals surface area contributed by atoms with E-state index in [4.69, 9.17) is 9.47 Å². The first-order valence-electron chi connectivity index (χ1n) is 11.5. The second-order valence-electron chi connectivity index (χ2n) is 9.38. The van der Waals surface area contributed by atoms with Crippen LogP contribution in [0.2, 0.25) is 0 Å². The van der Waals surface area contributed by atoms with E-state index in [2.05, 4.69) is 10.6 Å². The van der Waals surface area contributed by atoms with Gasteiger partial charge in [-0.2, -0.15) is 0 Å². The number of methoxy groups -OCH3 is 1. The largest absolute Gasteiger partial charge is 0.467 e. The Morgan fingerprint density at radius 3 is 2.31 bits per heavy atom. The van der Waals surface area contributed by atoms with Crippen molar-refractivity contribution in [2.45, 2.75) is 51.8 Å². The lowest BCUT2D eigenvalue weighted by atomic mass is 9.98. The molecule has 0 saturated heterocycles. The second kappa shape index (κ2) is 11.0. The van der Waals surface area contributed by atoms with Gasteiger partial charge in [0.25, 0.3) is 5.91 Å². The van der Waals surface area contributed by atoms with Crippen LogP contribution >= 0.6 is 0 Å². The van der Waals surface area contributed by atoms with Crippen LogP contribution in [0.4, 0.5) is 4.79 Å². The lowest BCUT2D eigenvalue weighted by Crippen LogP contribution is -2.43. The molecule has 0 aliphatic heterocycles. The molecular weight excluding hydrogens is 444 g/mol. The van der Waals surface area contributed by atoms with Crippen molar-refractivity contribution in [1.82, 2.24) is 10.6 Å². The number of alkyl carbamates (subject to hydrolysis) is 1. The molecule has 0 fully saturated rings. The molecule has 35 heavy (non-hydrogen) atoms. The SMILES string of the molecule is COC(=O)C(Cc1cccc2ccccc12)NC(=O)c1cccc(C(C)NC(=O)OC(C)(C)C)c1. The Morgan fingerprint density at radius 2 is 1.60 bits per heavy atom. The van der Waals surface area contributed by atoms with Crippen LogP contribution in [0.1, 0.15) is 55.2 Å². The Bertz CT molecular complexity index is 1210. The van der Waals surface area contributed by atoms with E-state index in [0.717, 1.165) is 21.9 Å². The van der Waals surface area contributed by atoms with Gasteiger partial charge in [0.1, 0.15) is 11.6 Å². The molecule has 3 aromatic rings. The molecule has 2 unspecified atom stereocenters. The molecule has 0 aliphatic carbocycles. The molecule has 184 valence electrons. The molecule has 3 rings (SSSR count). The minimum atomic E-state index is -0.862. The standard InChI is InChI=1S/C28H32N2O5/c1-18(29-27(33)35-28(2,3)4)20-12-9-14-22(16-20)25(31)30-24(26(32)34-5)17-21-13-8-11-19-10-6-7-15-23(19)21/h6-16,18,24H,17H2,1-5H3,(H,29,33)(H,30,31). The van der Waals surface area contributed by atoms with E-state index in [9.17, 15) is 14.4 Å². The number of hydrogen-bond acceptors (Lipinski definition) is 5. The monoisotopic (exact) mass is 476 g/mol. The molecule has 3 aromatic carbocycles. The number of nitrogens with one attached hydrogen (secondary N) is 2. The highest BCUT2D eigenvalue weighted by atomic mass is 16.6. The number of rotatable bonds is 7. The van der Waals surface area contributed by atoms with Crippen LogP contribution in [0, 0.1) is 0 Å². The van der Waals surface area contributed by atoms with Gasteiger partial charge in [0.2, 0.25) is 0 Å². The zero-order chi connectivity index (χ0) is 25.6. The summed E-state index contributed by atoms with van der Waals surface area (Å²) in [5, 5.41) is 7.65. The van der Waals surface area contributed by atoms with Crippen LogP contribution in [0.3, 0.4) is 0 Å². The van der Waals surface area contributed by atoms with E-state index >= 15 is 0 Å². The molecule has 7 nitrogen and oxygen atoms in total. The molecule has 7 heteroatoms. The van der Waals surface area contributed by atoms with Crippen molar-refractivity contribution in [2.24, 2.45) is 0 Å². The van der Waals surface area contributed by atoms with Gasteiger partial charge >= 0.3 is 12.1 Å². The lowest BCUT2D eigenvalue weighted by Gasteiger charge is -2.22. The molecule has 2 N–H and O–H groups in total. The zero-order valence-corrected chi connectivity index (χ0v) is 20.8. The van der Waals surface area contributed by atoms with Crippen molar-refractivity contribution in [2.75, 3.05) is 7.11 Å². The predicted octanol–water partition coefficient (Wildman–Crippen LogP) is 4.94. The van der Waals surface area contributed by atoms with Gasteiger partial charge in [-0.1, -0.05) is 54.6 Å². The van der Waals surface area contributed by atoms with Crippen molar-refractivity contribution in [3.05, 3.63) is 83.4 Å². The van der Waals surface area contributed by atoms with Crippen LogP contribution in [0.5, 0.6) is 0 Å². The van der Waals surface area contributed by atoms with Crippen molar-refractivity contribution in [3.8, 4) is 0 Å². The van der Waals surface area contributed by atoms with E-state index in [1.54, 1.807) is 45.9 Å². The third-order valence-electron chi connectivity index (χ3n) is 5.48. The van der Waals surface area contributed by atoms with Crippen LogP contribution in [0.25, 0.3) is 10.8 Å². The van der Waals surface area contributed by atoms with Gasteiger partial charge in [-0.05, 0) is 61.7 Å². The molecule has 2 atom stereocenters. The third-order valence-corrected chi connectivity index (χ3v) is 5.48. The maximum Gasteiger partial charge on any atom is 0.408 e. The number of hydrogen-bond donors (Lipinski definition) is 2. The Morgan fingerprint density at radius 1 is 0.914 bits per heavy atom. The van der Waals surface area contributed by atoms with Crippen LogP contribution in [0.15, 0.2) is 66.7 Å². The molecule has 0 radical (unpaired) electrons. The molecule has 0 aromatic heterocycles. The highest BCUT2D eigenvalue weighted by Gasteiger charge is 2.24. The highest BCUT2D eigenvalue weighted by Crippen LogP contribution is 2.21. The highest BCUT2D eigenvalue weighted by molar-refractivity contribution is 5.97. The lowest BCUT2D eigenvalue weighted by molar-refractivity contribution is -0.142. The molecule has 0 spiro atoms. The smallest absolute Gasteiger partial charge is 0.408 e. The zero-order valence-electron chi connectivity index (χ0n) is 20.8. The summed E-state index contributed by atoms with van der Waals surface area (Å²) in [6.07, 6.45) is -0.253. The second-order valence-corrected chi connectivity index (χ2v) is 9.38. The molecule has 0 heterocycles. The summed E-state index contributed by atoms with van der Waals surface area (Å²) in [4.78, 5) is 37.7. The van der Waals surface area contributed by atoms with Crippen molar-refractivity contribution >= 4 is 28.7 Å². The van der Waals surface area contributed by atoms with Crippen molar-refractivity contribution < 1.29 is 23.9 Å². The van der Waals surface area contributed by atoms with E-state index < -0.39 is 29.6 Å². The summed E-state index contributed by atoms with van der Waals surface area (Å²) in [7, 11) is 1.30. The maximum absolute atomic E-state index is 13.1. The topological polar surface area (TPSA) is 93.7 Å². The number of ether oxygens (including phenoxy) is 2. The van der Waals surface area contributed by atoms with Gasteiger partial charge in [0, 0.05) is 12.0 Å². The van der Waals surface area contributed by atoms with Crippen molar-refractivity contribution in [1.29, 1.82) is 0 Å². The Balaban J connectivity index is 1.76. The molecule has 2 amide bonds. The van der Waals surface area contributed by atoms with Gasteiger partial charge < -0.3 is 20.1 Å². The summed E-state index contributed by atoms with van der Waals surface area (Å²) in [5.41, 5.74) is 1.42. The van der Waals surface area contributed by atoms with Crippen LogP contribution in [-0.2, 0) is 20.7 Å². The minimum Gasteiger partial charge on any atom is -0.467 e. The van der Waals surface area contributed by atoms with E-state index in [-0.39, 0.29) is 12.5 Å². The number of benzene rings is 3. The van der Waals surface area contributed by atoms with E-state index in [1.165, 1.54) is 7.11 Å². The quantitative estimate of drug-likeness (QED) is 0.471. The predicted molar refractivity (Wildman–Crippen MR) is 135 cm³/mol. The van der Waals surface area contributed by atoms with Crippen LogP contribution in [-0.4, -0.2) is 36.7 Å². The molecule has 0 saturated carbocycles. The molecular formula is C28H32N2O5. The summed E-state index contributed by atoms with van der Waals surface area (Å²) in [6.45, 7) is 7.17. The summed E-state index contributed by atoms with van der Waals surface area (Å²) >= 11 is 0. The number of fused-ring (bicyclic) bond motifs is 1. The molecule has 0 bridgehead atoms. The fraction of sp³-hybridized carbons (Fsp3) is 0.321. The minimum absolute atomic E-state index is 0.288. The molecule has 0 aliphatic rings. The maximum atomic E-state index is 13.1. The first-order chi connectivity index (χ1) is 16.6. The average Bonchev–Trinajstić information content (AvgIpc) is 2.82. The summed E-state index contributed by atoms with van der Waals surface area (Å²) < 4.78 is 10.3. The fourth-order valence-electron chi connectivity index (χ4n) is 3.78. The van der Waals surface area contributed by atoms with Gasteiger partial charge in [0.15, 0.2) is 0 Å². The number of carbonyl (C=O) groups excluding carboxylic acids is 3. The number of esters is 1. The fourth-order valence-corrected chi connectivity index (χ4v) is 3.78. The first kappa shape index (κ1) is 25.7. The van der Waals surface area contributed by atoms with Gasteiger partial charge in [-0.25, -0.2) is 9.59 Å².